The number of rotatable bonds is 5. The van der Waals surface area contributed by atoms with Crippen molar-refractivity contribution in [3.05, 3.63) is 22.0 Å². The molecule has 9 heteroatoms. The molecule has 0 amide bonds. The summed E-state index contributed by atoms with van der Waals surface area (Å²) in [4.78, 5) is 20.3. The van der Waals surface area contributed by atoms with Crippen LogP contribution in [0.4, 0.5) is 5.69 Å². The molecule has 0 bridgehead atoms. The van der Waals surface area contributed by atoms with Gasteiger partial charge in [0.15, 0.2) is 0 Å². The molecule has 0 radical (unpaired) electrons. The van der Waals surface area contributed by atoms with Crippen LogP contribution in [0, 0.1) is 10.1 Å². The third-order valence-corrected chi connectivity index (χ3v) is 1.88. The molecule has 0 atom stereocenters. The van der Waals surface area contributed by atoms with Gasteiger partial charge in [-0.15, -0.1) is 0 Å². The largest absolute Gasteiger partial charge is 1.00 e. The Morgan fingerprint density at radius 1 is 1.65 bits per heavy atom. The molecule has 0 fully saturated rings. The van der Waals surface area contributed by atoms with Crippen LogP contribution in [0.3, 0.4) is 0 Å². The second-order valence-corrected chi connectivity index (χ2v) is 3.14. The van der Waals surface area contributed by atoms with Gasteiger partial charge in [-0.2, -0.15) is 5.10 Å². The number of carboxylic acids is 1. The molecule has 0 aliphatic heterocycles. The van der Waals surface area contributed by atoms with E-state index < -0.39 is 10.9 Å². The average Bonchev–Trinajstić information content (AvgIpc) is 2.46. The molecular formula is C8H12LiN3O5. The maximum atomic E-state index is 10.6. The van der Waals surface area contributed by atoms with Crippen molar-refractivity contribution in [2.24, 2.45) is 7.05 Å². The zero-order chi connectivity index (χ0) is 11.4. The first kappa shape index (κ1) is 18.0. The third-order valence-electron chi connectivity index (χ3n) is 1.88. The van der Waals surface area contributed by atoms with Crippen LogP contribution in [-0.4, -0.2) is 31.3 Å². The molecule has 1 heterocycles. The fraction of sp³-hybridized carbons (Fsp3) is 0.500. The van der Waals surface area contributed by atoms with E-state index in [1.54, 1.807) is 7.05 Å². The molecule has 8 nitrogen and oxygen atoms in total. The number of carbonyl (C=O) groups is 1. The summed E-state index contributed by atoms with van der Waals surface area (Å²) in [5, 5.41) is 22.9. The van der Waals surface area contributed by atoms with Crippen molar-refractivity contribution in [3.8, 4) is 0 Å². The summed E-state index contributed by atoms with van der Waals surface area (Å²) in [6, 6.07) is 0. The molecule has 90 valence electrons. The molecule has 0 saturated heterocycles. The Morgan fingerprint density at radius 3 is 2.71 bits per heavy atom. The molecule has 0 aliphatic rings. The van der Waals surface area contributed by atoms with Crippen LogP contribution in [-0.2, 0) is 18.3 Å². The summed E-state index contributed by atoms with van der Waals surface area (Å²) in [6.45, 7) is 0. The molecule has 1 rings (SSSR count). The van der Waals surface area contributed by atoms with Crippen LogP contribution in [0.15, 0.2) is 6.20 Å². The van der Waals surface area contributed by atoms with Gasteiger partial charge in [0.05, 0.1) is 4.92 Å². The van der Waals surface area contributed by atoms with Crippen molar-refractivity contribution in [2.45, 2.75) is 19.3 Å². The normalized spacial score (nSPS) is 9.00. The smallest absolute Gasteiger partial charge is 0.870 e. The first-order chi connectivity index (χ1) is 7.00. The van der Waals surface area contributed by atoms with E-state index in [1.807, 2.05) is 0 Å². The minimum Gasteiger partial charge on any atom is -0.870 e. The van der Waals surface area contributed by atoms with Crippen LogP contribution in [0.25, 0.3) is 0 Å². The monoisotopic (exact) mass is 237 g/mol. The van der Waals surface area contributed by atoms with Crippen molar-refractivity contribution in [2.75, 3.05) is 0 Å². The van der Waals surface area contributed by atoms with Crippen LogP contribution in [0.1, 0.15) is 18.5 Å². The number of hydrogen-bond donors (Lipinski definition) is 1. The van der Waals surface area contributed by atoms with E-state index >= 15 is 0 Å². The maximum absolute atomic E-state index is 10.6. The molecule has 0 aromatic carbocycles. The van der Waals surface area contributed by atoms with E-state index in [2.05, 4.69) is 5.10 Å². The van der Waals surface area contributed by atoms with Crippen LogP contribution in [0.2, 0.25) is 0 Å². The molecule has 1 aromatic heterocycles. The summed E-state index contributed by atoms with van der Waals surface area (Å²) < 4.78 is 1.36. The van der Waals surface area contributed by atoms with Gasteiger partial charge in [-0.25, -0.2) is 0 Å². The Bertz CT molecular complexity index is 393. The van der Waals surface area contributed by atoms with E-state index in [4.69, 9.17) is 5.11 Å². The van der Waals surface area contributed by atoms with Gasteiger partial charge < -0.3 is 10.6 Å². The van der Waals surface area contributed by atoms with E-state index in [0.717, 1.165) is 0 Å². The van der Waals surface area contributed by atoms with Crippen molar-refractivity contribution in [1.29, 1.82) is 0 Å². The first-order valence-corrected chi connectivity index (χ1v) is 4.39. The molecule has 0 aliphatic carbocycles. The predicted octanol–water partition coefficient (Wildman–Crippen LogP) is -2.44. The Kier molecular flexibility index (Phi) is 8.30. The quantitative estimate of drug-likeness (QED) is 0.344. The van der Waals surface area contributed by atoms with E-state index in [0.29, 0.717) is 18.5 Å². The predicted molar refractivity (Wildman–Crippen MR) is 52.4 cm³/mol. The van der Waals surface area contributed by atoms with Gasteiger partial charge in [-0.05, 0) is 12.8 Å². The Labute approximate surface area is 109 Å². The minimum absolute atomic E-state index is 0. The minimum atomic E-state index is -0.909. The van der Waals surface area contributed by atoms with Gasteiger partial charge in [0.1, 0.15) is 11.9 Å². The fourth-order valence-corrected chi connectivity index (χ4v) is 1.26. The molecule has 1 aromatic rings. The van der Waals surface area contributed by atoms with E-state index in [9.17, 15) is 14.9 Å². The van der Waals surface area contributed by atoms with Gasteiger partial charge in [0.2, 0.25) is 0 Å². The van der Waals surface area contributed by atoms with Gasteiger partial charge >= 0.3 is 30.5 Å². The molecule has 0 saturated carbocycles. The van der Waals surface area contributed by atoms with Crippen LogP contribution in [0.5, 0.6) is 0 Å². The molecule has 17 heavy (non-hydrogen) atoms. The van der Waals surface area contributed by atoms with Crippen molar-refractivity contribution < 1.29 is 39.2 Å². The second kappa shape index (κ2) is 7.84. The maximum Gasteiger partial charge on any atom is 1.00 e. The van der Waals surface area contributed by atoms with Crippen LogP contribution < -0.4 is 18.9 Å². The number of aliphatic carboxylic acids is 1. The Morgan fingerprint density at radius 2 is 2.24 bits per heavy atom. The zero-order valence-corrected chi connectivity index (χ0v) is 9.66. The molecule has 0 unspecified atom stereocenters. The first-order valence-electron chi connectivity index (χ1n) is 4.39. The van der Waals surface area contributed by atoms with Gasteiger partial charge in [-0.3, -0.25) is 19.6 Å². The number of nitro groups is 1. The standard InChI is InChI=1S/C8H11N3O4.Li.H2O/c1-10-5-7(11(14)15)6(9-10)3-2-4-8(12)13;;/h5H,2-4H2,1H3,(H,12,13);;1H2/q;+1;/p-1. The van der Waals surface area contributed by atoms with Crippen LogP contribution >= 0.6 is 0 Å². The van der Waals surface area contributed by atoms with Crippen molar-refractivity contribution >= 4 is 11.7 Å². The number of aromatic nitrogens is 2. The van der Waals surface area contributed by atoms with E-state index in [1.165, 1.54) is 10.9 Å². The summed E-state index contributed by atoms with van der Waals surface area (Å²) in [5.41, 5.74) is 0.284. The summed E-state index contributed by atoms with van der Waals surface area (Å²) in [6.07, 6.45) is 1.97. The number of nitrogens with zero attached hydrogens (tertiary/aromatic N) is 3. The SMILES string of the molecule is Cn1cc([N+](=O)[O-])c(CCCC(=O)O)n1.[Li+].[OH-]. The van der Waals surface area contributed by atoms with Gasteiger partial charge in [-0.1, -0.05) is 0 Å². The number of aryl methyl sites for hydroxylation is 2. The second-order valence-electron chi connectivity index (χ2n) is 3.14. The average molecular weight is 237 g/mol. The van der Waals surface area contributed by atoms with Crippen molar-refractivity contribution in [3.63, 3.8) is 0 Å². The van der Waals surface area contributed by atoms with Crippen molar-refractivity contribution in [1.82, 2.24) is 9.78 Å². The third kappa shape index (κ3) is 5.49. The van der Waals surface area contributed by atoms with E-state index in [-0.39, 0.29) is 36.4 Å². The Balaban J connectivity index is 0. The summed E-state index contributed by atoms with van der Waals surface area (Å²) in [7, 11) is 1.59. The molecular weight excluding hydrogens is 225 g/mol. The Hall–Kier alpha value is -1.36. The zero-order valence-electron chi connectivity index (χ0n) is 9.66. The van der Waals surface area contributed by atoms with Gasteiger partial charge in [0, 0.05) is 13.5 Å². The van der Waals surface area contributed by atoms with Gasteiger partial charge in [0.25, 0.3) is 0 Å². The topological polar surface area (TPSA) is 128 Å². The number of hydrogen-bond acceptors (Lipinski definition) is 5. The fourth-order valence-electron chi connectivity index (χ4n) is 1.26. The molecule has 2 N–H and O–H groups in total. The number of carboxylic acid groups (broad SMARTS) is 1. The summed E-state index contributed by atoms with van der Waals surface area (Å²) >= 11 is 0. The summed E-state index contributed by atoms with van der Waals surface area (Å²) in [5.74, 6) is -0.909. The molecule has 0 spiro atoms.